The number of carbonyl (C=O) groups excluding carboxylic acids is 1. The molecule has 1 amide bonds. The molecule has 1 fully saturated rings. The summed E-state index contributed by atoms with van der Waals surface area (Å²) < 4.78 is 13.4. The van der Waals surface area contributed by atoms with E-state index in [0.29, 0.717) is 30.8 Å². The number of nitrogens with zero attached hydrogens (tertiary/aromatic N) is 5. The van der Waals surface area contributed by atoms with Gasteiger partial charge in [-0.2, -0.15) is 0 Å². The van der Waals surface area contributed by atoms with E-state index in [0.717, 1.165) is 12.1 Å². The number of fused-ring (bicyclic) bond motifs is 1. The molecule has 9 nitrogen and oxygen atoms in total. The van der Waals surface area contributed by atoms with E-state index in [4.69, 9.17) is 9.15 Å². The Morgan fingerprint density at radius 1 is 1.38 bits per heavy atom. The number of rotatable bonds is 5. The first-order valence-corrected chi connectivity index (χ1v) is 8.41. The number of likely N-dealkylation sites (tertiary alicyclic amines) is 1. The number of benzene rings is 1. The highest BCUT2D eigenvalue weighted by atomic mass is 16.5. The van der Waals surface area contributed by atoms with Crippen molar-refractivity contribution < 1.29 is 13.9 Å². The number of ether oxygens (including phenoxy) is 1. The van der Waals surface area contributed by atoms with E-state index < -0.39 is 5.76 Å². The zero-order valence-electron chi connectivity index (χ0n) is 14.4. The predicted octanol–water partition coefficient (Wildman–Crippen LogP) is 0.806. The molecule has 0 N–H and O–H groups in total. The highest BCUT2D eigenvalue weighted by Crippen LogP contribution is 2.21. The standard InChI is InChI=1S/C17H19N5O4/c1-25-11-12-8-22(19-18-12)13-6-7-20(9-13)16(23)10-21-14-4-2-3-5-15(14)26-17(21)24/h2-5,8,13H,6-7,9-11H2,1H3. The fraction of sp³-hybridized carbons (Fsp3) is 0.412. The van der Waals surface area contributed by atoms with Crippen molar-refractivity contribution in [1.29, 1.82) is 0 Å². The second-order valence-corrected chi connectivity index (χ2v) is 6.33. The van der Waals surface area contributed by atoms with E-state index in [2.05, 4.69) is 10.3 Å². The molecule has 3 aromatic rings. The van der Waals surface area contributed by atoms with Gasteiger partial charge in [0.2, 0.25) is 5.91 Å². The highest BCUT2D eigenvalue weighted by molar-refractivity contribution is 5.79. The first-order valence-electron chi connectivity index (χ1n) is 8.41. The zero-order valence-corrected chi connectivity index (χ0v) is 14.4. The number of amides is 1. The van der Waals surface area contributed by atoms with E-state index in [-0.39, 0.29) is 18.5 Å². The molecule has 1 saturated heterocycles. The van der Waals surface area contributed by atoms with Gasteiger partial charge in [-0.1, -0.05) is 17.3 Å². The molecule has 1 atom stereocenters. The summed E-state index contributed by atoms with van der Waals surface area (Å²) in [6, 6.07) is 7.17. The number of hydrogen-bond donors (Lipinski definition) is 0. The van der Waals surface area contributed by atoms with Gasteiger partial charge in [-0.3, -0.25) is 9.36 Å². The van der Waals surface area contributed by atoms with E-state index in [1.807, 2.05) is 12.3 Å². The minimum Gasteiger partial charge on any atom is -0.408 e. The minimum absolute atomic E-state index is 0.0329. The van der Waals surface area contributed by atoms with Crippen LogP contribution < -0.4 is 5.76 Å². The van der Waals surface area contributed by atoms with Crippen molar-refractivity contribution in [3.05, 3.63) is 46.7 Å². The van der Waals surface area contributed by atoms with Gasteiger partial charge in [0.15, 0.2) is 5.58 Å². The molecule has 1 unspecified atom stereocenters. The summed E-state index contributed by atoms with van der Waals surface area (Å²) in [6.45, 7) is 1.54. The van der Waals surface area contributed by atoms with Gasteiger partial charge in [-0.25, -0.2) is 9.48 Å². The lowest BCUT2D eigenvalue weighted by atomic mass is 10.3. The molecule has 1 aromatic carbocycles. The molecule has 0 bridgehead atoms. The van der Waals surface area contributed by atoms with Crippen LogP contribution in [0.25, 0.3) is 11.1 Å². The quantitative estimate of drug-likeness (QED) is 0.670. The molecular weight excluding hydrogens is 338 g/mol. The van der Waals surface area contributed by atoms with Crippen LogP contribution >= 0.6 is 0 Å². The molecule has 0 saturated carbocycles. The van der Waals surface area contributed by atoms with Crippen molar-refractivity contribution in [2.75, 3.05) is 20.2 Å². The average molecular weight is 357 g/mol. The number of hydrogen-bond acceptors (Lipinski definition) is 6. The van der Waals surface area contributed by atoms with Crippen LogP contribution in [-0.4, -0.2) is 50.6 Å². The molecule has 4 rings (SSSR count). The lowest BCUT2D eigenvalue weighted by molar-refractivity contribution is -0.130. The highest BCUT2D eigenvalue weighted by Gasteiger charge is 2.29. The van der Waals surface area contributed by atoms with Crippen LogP contribution in [0.4, 0.5) is 0 Å². The van der Waals surface area contributed by atoms with Gasteiger partial charge >= 0.3 is 5.76 Å². The summed E-state index contributed by atoms with van der Waals surface area (Å²) in [5, 5.41) is 8.17. The molecule has 3 heterocycles. The van der Waals surface area contributed by atoms with Crippen molar-refractivity contribution in [1.82, 2.24) is 24.5 Å². The smallest absolute Gasteiger partial charge is 0.408 e. The van der Waals surface area contributed by atoms with Gasteiger partial charge in [0.1, 0.15) is 12.2 Å². The average Bonchev–Trinajstić information content (AvgIpc) is 3.35. The number of aromatic nitrogens is 4. The Bertz CT molecular complexity index is 988. The molecule has 1 aliphatic rings. The van der Waals surface area contributed by atoms with Crippen molar-refractivity contribution in [2.45, 2.75) is 25.6 Å². The van der Waals surface area contributed by atoms with Gasteiger partial charge in [0, 0.05) is 20.2 Å². The lowest BCUT2D eigenvalue weighted by Gasteiger charge is -2.16. The molecule has 0 aliphatic carbocycles. The third-order valence-electron chi connectivity index (χ3n) is 4.61. The largest absolute Gasteiger partial charge is 0.420 e. The Hall–Kier alpha value is -2.94. The van der Waals surface area contributed by atoms with E-state index in [1.165, 1.54) is 4.57 Å². The summed E-state index contributed by atoms with van der Waals surface area (Å²) in [5.41, 5.74) is 1.87. The second-order valence-electron chi connectivity index (χ2n) is 6.33. The van der Waals surface area contributed by atoms with Gasteiger partial charge in [-0.15, -0.1) is 5.10 Å². The Morgan fingerprint density at radius 3 is 3.08 bits per heavy atom. The van der Waals surface area contributed by atoms with Crippen molar-refractivity contribution in [3.8, 4) is 0 Å². The maximum atomic E-state index is 12.7. The molecule has 1 aliphatic heterocycles. The molecule has 9 heteroatoms. The summed E-state index contributed by atoms with van der Waals surface area (Å²) in [5.74, 6) is -0.630. The summed E-state index contributed by atoms with van der Waals surface area (Å²) in [4.78, 5) is 26.4. The van der Waals surface area contributed by atoms with Gasteiger partial charge < -0.3 is 14.1 Å². The Labute approximate surface area is 148 Å². The topological polar surface area (TPSA) is 95.4 Å². The Balaban J connectivity index is 1.45. The van der Waals surface area contributed by atoms with Crippen LogP contribution in [0.2, 0.25) is 0 Å². The molecule has 2 aromatic heterocycles. The lowest BCUT2D eigenvalue weighted by Crippen LogP contribution is -2.34. The first kappa shape index (κ1) is 16.5. The van der Waals surface area contributed by atoms with Crippen LogP contribution in [0.15, 0.2) is 39.7 Å². The Kier molecular flexibility index (Phi) is 4.29. The van der Waals surface area contributed by atoms with Crippen LogP contribution in [0, 0.1) is 0 Å². The SMILES string of the molecule is COCc1cn(C2CCN(C(=O)Cn3c(=O)oc4ccccc43)C2)nn1. The van der Waals surface area contributed by atoms with E-state index in [1.54, 1.807) is 34.9 Å². The molecular formula is C17H19N5O4. The second kappa shape index (κ2) is 6.75. The monoisotopic (exact) mass is 357 g/mol. The number of methoxy groups -OCH3 is 1. The number of carbonyl (C=O) groups is 1. The molecule has 0 spiro atoms. The van der Waals surface area contributed by atoms with Crippen LogP contribution in [0.1, 0.15) is 18.2 Å². The van der Waals surface area contributed by atoms with Gasteiger partial charge in [0.25, 0.3) is 0 Å². The van der Waals surface area contributed by atoms with Crippen molar-refractivity contribution >= 4 is 17.0 Å². The van der Waals surface area contributed by atoms with Gasteiger partial charge in [0.05, 0.1) is 24.4 Å². The third-order valence-corrected chi connectivity index (χ3v) is 4.61. The molecule has 0 radical (unpaired) electrons. The molecule has 136 valence electrons. The predicted molar refractivity (Wildman–Crippen MR) is 91.4 cm³/mol. The maximum Gasteiger partial charge on any atom is 0.420 e. The van der Waals surface area contributed by atoms with Crippen molar-refractivity contribution in [2.24, 2.45) is 0 Å². The summed E-state index contributed by atoms with van der Waals surface area (Å²) >= 11 is 0. The van der Waals surface area contributed by atoms with E-state index >= 15 is 0 Å². The Morgan fingerprint density at radius 2 is 2.23 bits per heavy atom. The minimum atomic E-state index is -0.518. The van der Waals surface area contributed by atoms with Crippen LogP contribution in [0.5, 0.6) is 0 Å². The van der Waals surface area contributed by atoms with E-state index in [9.17, 15) is 9.59 Å². The first-order chi connectivity index (χ1) is 12.7. The van der Waals surface area contributed by atoms with Crippen molar-refractivity contribution in [3.63, 3.8) is 0 Å². The summed E-state index contributed by atoms with van der Waals surface area (Å²) in [6.07, 6.45) is 2.64. The van der Waals surface area contributed by atoms with Crippen LogP contribution in [0.3, 0.4) is 0 Å². The van der Waals surface area contributed by atoms with Gasteiger partial charge in [-0.05, 0) is 18.6 Å². The number of oxazole rings is 1. The summed E-state index contributed by atoms with van der Waals surface area (Å²) in [7, 11) is 1.61. The fourth-order valence-corrected chi connectivity index (χ4v) is 3.29. The fourth-order valence-electron chi connectivity index (χ4n) is 3.29. The number of para-hydroxylation sites is 2. The normalized spacial score (nSPS) is 17.3. The molecule has 26 heavy (non-hydrogen) atoms. The third kappa shape index (κ3) is 3.01. The van der Waals surface area contributed by atoms with Crippen LogP contribution in [-0.2, 0) is 22.7 Å². The maximum absolute atomic E-state index is 12.7. The zero-order chi connectivity index (χ0) is 18.1.